The van der Waals surface area contributed by atoms with Gasteiger partial charge >= 0.3 is 5.97 Å². The number of aliphatic hydroxyl groups excluding tert-OH is 2. The molecule has 2 rings (SSSR count). The van der Waals surface area contributed by atoms with Crippen molar-refractivity contribution in [3.63, 3.8) is 0 Å². The topological polar surface area (TPSA) is 76.0 Å². The third kappa shape index (κ3) is 9.35. The monoisotopic (exact) mass is 414 g/mol. The van der Waals surface area contributed by atoms with Crippen LogP contribution in [0.15, 0.2) is 66.7 Å². The molecule has 2 aromatic rings. The molecule has 2 aromatic carbocycles. The van der Waals surface area contributed by atoms with Gasteiger partial charge in [0, 0.05) is 11.5 Å². The lowest BCUT2D eigenvalue weighted by Crippen LogP contribution is -2.39. The second-order valence-electron chi connectivity index (χ2n) is 7.56. The molecule has 0 unspecified atom stereocenters. The maximum absolute atomic E-state index is 11.4. The summed E-state index contributed by atoms with van der Waals surface area (Å²) in [5.41, 5.74) is 1.51. The second kappa shape index (κ2) is 13.7. The van der Waals surface area contributed by atoms with E-state index < -0.39 is 18.2 Å². The number of benzene rings is 2. The van der Waals surface area contributed by atoms with Gasteiger partial charge in [0.15, 0.2) is 0 Å². The van der Waals surface area contributed by atoms with Crippen LogP contribution >= 0.6 is 0 Å². The van der Waals surface area contributed by atoms with Crippen molar-refractivity contribution in [3.05, 3.63) is 77.9 Å². The van der Waals surface area contributed by atoms with E-state index in [-0.39, 0.29) is 12.0 Å². The molecule has 164 valence electrons. The summed E-state index contributed by atoms with van der Waals surface area (Å²) in [4.78, 5) is 20.9. The highest BCUT2D eigenvalue weighted by Gasteiger charge is 2.32. The van der Waals surface area contributed by atoms with Gasteiger partial charge in [-0.1, -0.05) is 88.4 Å². The van der Waals surface area contributed by atoms with Crippen molar-refractivity contribution >= 4 is 12.0 Å². The summed E-state index contributed by atoms with van der Waals surface area (Å²) in [5, 5.41) is 19.1. The Kier molecular flexibility index (Phi) is 11.7. The Morgan fingerprint density at radius 2 is 1.43 bits per heavy atom. The van der Waals surface area contributed by atoms with Crippen molar-refractivity contribution in [1.82, 2.24) is 0 Å². The van der Waals surface area contributed by atoms with Crippen molar-refractivity contribution in [2.45, 2.75) is 59.4 Å². The Morgan fingerprint density at radius 3 is 1.93 bits per heavy atom. The minimum atomic E-state index is -0.528. The maximum Gasteiger partial charge on any atom is 0.365 e. The first-order valence-electron chi connectivity index (χ1n) is 10.3. The zero-order valence-corrected chi connectivity index (χ0v) is 18.3. The number of carbonyl (C=O) groups excluding carboxylic acids is 1. The van der Waals surface area contributed by atoms with E-state index in [1.165, 1.54) is 6.08 Å². The highest BCUT2D eigenvalue weighted by Crippen LogP contribution is 2.28. The van der Waals surface area contributed by atoms with Gasteiger partial charge in [-0.2, -0.15) is 4.89 Å². The molecule has 0 bridgehead atoms. The molecule has 0 amide bonds. The van der Waals surface area contributed by atoms with Crippen LogP contribution in [0.2, 0.25) is 0 Å². The number of carbonyl (C=O) groups is 1. The minimum Gasteiger partial charge on any atom is -0.392 e. The molecular formula is C25H34O5. The van der Waals surface area contributed by atoms with Crippen LogP contribution in [0.3, 0.4) is 0 Å². The standard InChI is InChI=1S/C16H14O3.C9H20O2/c17-16(12-11-14-7-3-1-4-8-14)19-18-13-15-9-5-2-6-10-15;1-5-7(10)9(3,4)8(11)6-2/h1-12H,13H2;7-8,10-11H,5-6H2,1-4H3/t;7-,8+. The van der Waals surface area contributed by atoms with Crippen molar-refractivity contribution in [2.24, 2.45) is 5.41 Å². The van der Waals surface area contributed by atoms with Crippen molar-refractivity contribution in [1.29, 1.82) is 0 Å². The van der Waals surface area contributed by atoms with Gasteiger partial charge in [0.25, 0.3) is 0 Å². The lowest BCUT2D eigenvalue weighted by atomic mass is 9.78. The summed E-state index contributed by atoms with van der Waals surface area (Å²) in [5.74, 6) is -0.528. The molecule has 30 heavy (non-hydrogen) atoms. The molecule has 0 heterocycles. The van der Waals surface area contributed by atoms with Crippen LogP contribution in [-0.2, 0) is 21.2 Å². The molecule has 0 fully saturated rings. The largest absolute Gasteiger partial charge is 0.392 e. The second-order valence-corrected chi connectivity index (χ2v) is 7.56. The summed E-state index contributed by atoms with van der Waals surface area (Å²) >= 11 is 0. The average molecular weight is 415 g/mol. The zero-order chi connectivity index (χ0) is 22.4. The minimum absolute atomic E-state index is 0.242. The first-order chi connectivity index (χ1) is 14.3. The van der Waals surface area contributed by atoms with E-state index in [9.17, 15) is 15.0 Å². The van der Waals surface area contributed by atoms with Crippen LogP contribution in [0.25, 0.3) is 6.08 Å². The van der Waals surface area contributed by atoms with Crippen LogP contribution in [0.5, 0.6) is 0 Å². The SMILES string of the molecule is CC[C@@H](O)C(C)(C)[C@@H](O)CC.O=C(C=Cc1ccccc1)OOCc1ccccc1. The van der Waals surface area contributed by atoms with Crippen LogP contribution in [0.1, 0.15) is 51.7 Å². The lowest BCUT2D eigenvalue weighted by Gasteiger charge is -2.34. The first kappa shape index (κ1) is 25.6. The molecule has 0 aromatic heterocycles. The predicted octanol–water partition coefficient (Wildman–Crippen LogP) is 4.93. The summed E-state index contributed by atoms with van der Waals surface area (Å²) < 4.78 is 0. The van der Waals surface area contributed by atoms with Gasteiger partial charge in [-0.15, -0.1) is 0 Å². The Morgan fingerprint density at radius 1 is 0.933 bits per heavy atom. The predicted molar refractivity (Wildman–Crippen MR) is 119 cm³/mol. The van der Waals surface area contributed by atoms with Gasteiger partial charge < -0.3 is 10.2 Å². The molecular weight excluding hydrogens is 380 g/mol. The normalized spacial score (nSPS) is 13.3. The Labute approximate surface area is 179 Å². The first-order valence-corrected chi connectivity index (χ1v) is 10.3. The molecule has 0 aliphatic rings. The molecule has 2 atom stereocenters. The van der Waals surface area contributed by atoms with E-state index >= 15 is 0 Å². The van der Waals surface area contributed by atoms with Crippen LogP contribution in [0, 0.1) is 5.41 Å². The van der Waals surface area contributed by atoms with E-state index in [1.54, 1.807) is 6.08 Å². The lowest BCUT2D eigenvalue weighted by molar-refractivity contribution is -0.275. The molecule has 5 heteroatoms. The van der Waals surface area contributed by atoms with Gasteiger partial charge in [-0.05, 0) is 30.0 Å². The molecule has 0 spiro atoms. The van der Waals surface area contributed by atoms with E-state index in [1.807, 2.05) is 88.4 Å². The highest BCUT2D eigenvalue weighted by atomic mass is 17.2. The van der Waals surface area contributed by atoms with E-state index in [0.717, 1.165) is 11.1 Å². The average Bonchev–Trinajstić information content (AvgIpc) is 2.78. The number of hydrogen-bond donors (Lipinski definition) is 2. The van der Waals surface area contributed by atoms with Gasteiger partial charge in [-0.3, -0.25) is 4.89 Å². The quantitative estimate of drug-likeness (QED) is 0.346. The fraction of sp³-hybridized carbons (Fsp3) is 0.400. The molecule has 0 saturated heterocycles. The third-order valence-corrected chi connectivity index (χ3v) is 4.91. The van der Waals surface area contributed by atoms with Crippen LogP contribution in [0.4, 0.5) is 0 Å². The van der Waals surface area contributed by atoms with Crippen molar-refractivity contribution < 1.29 is 24.8 Å². The molecule has 5 nitrogen and oxygen atoms in total. The van der Waals surface area contributed by atoms with Gasteiger partial charge in [0.2, 0.25) is 0 Å². The summed E-state index contributed by atoms with van der Waals surface area (Å²) in [6.07, 6.45) is 3.60. The maximum atomic E-state index is 11.4. The highest BCUT2D eigenvalue weighted by molar-refractivity contribution is 5.86. The Bertz CT molecular complexity index is 729. The molecule has 0 aliphatic heterocycles. The van der Waals surface area contributed by atoms with Crippen molar-refractivity contribution in [3.8, 4) is 0 Å². The fourth-order valence-corrected chi connectivity index (χ4v) is 2.76. The van der Waals surface area contributed by atoms with Gasteiger partial charge in [-0.25, -0.2) is 4.79 Å². The Balaban J connectivity index is 0.000000352. The molecule has 2 N–H and O–H groups in total. The number of hydrogen-bond acceptors (Lipinski definition) is 5. The zero-order valence-electron chi connectivity index (χ0n) is 18.3. The van der Waals surface area contributed by atoms with E-state index in [0.29, 0.717) is 12.8 Å². The molecule has 0 radical (unpaired) electrons. The fourth-order valence-electron chi connectivity index (χ4n) is 2.76. The number of rotatable bonds is 9. The van der Waals surface area contributed by atoms with E-state index in [2.05, 4.69) is 4.89 Å². The third-order valence-electron chi connectivity index (χ3n) is 4.91. The number of aliphatic hydroxyl groups is 2. The van der Waals surface area contributed by atoms with Crippen LogP contribution in [-0.4, -0.2) is 28.4 Å². The van der Waals surface area contributed by atoms with Crippen LogP contribution < -0.4 is 0 Å². The smallest absolute Gasteiger partial charge is 0.365 e. The van der Waals surface area contributed by atoms with E-state index in [4.69, 9.17) is 4.89 Å². The van der Waals surface area contributed by atoms with Gasteiger partial charge in [0.1, 0.15) is 6.61 Å². The molecule has 0 saturated carbocycles. The van der Waals surface area contributed by atoms with Gasteiger partial charge in [0.05, 0.1) is 12.2 Å². The summed E-state index contributed by atoms with van der Waals surface area (Å²) in [6, 6.07) is 19.0. The summed E-state index contributed by atoms with van der Waals surface area (Å²) in [7, 11) is 0. The Hall–Kier alpha value is -2.47. The molecule has 0 aliphatic carbocycles. The summed E-state index contributed by atoms with van der Waals surface area (Å²) in [6.45, 7) is 7.89. The van der Waals surface area contributed by atoms with Crippen molar-refractivity contribution in [2.75, 3.05) is 0 Å².